The number of morpholine rings is 1. The van der Waals surface area contributed by atoms with E-state index in [4.69, 9.17) is 21.9 Å². The van der Waals surface area contributed by atoms with Gasteiger partial charge in [0.2, 0.25) is 0 Å². The second kappa shape index (κ2) is 12.2. The zero-order valence-corrected chi connectivity index (χ0v) is 20.7. The number of hydrogen-bond acceptors (Lipinski definition) is 6. The third-order valence-corrected chi connectivity index (χ3v) is 6.64. The topological polar surface area (TPSA) is 149 Å². The number of ether oxygens (including phenoxy) is 1. The molecular weight excluding hydrogens is 468 g/mol. The molecule has 3 aromatic carbocycles. The van der Waals surface area contributed by atoms with Crippen molar-refractivity contribution in [2.45, 2.75) is 24.9 Å². The SMILES string of the molecule is NC(=O)NC(CCC(c1ccc(N)cc1)N1CCOCC1)c1ccc(C(=O)Nc2ccccc2N)cc1. The minimum absolute atomic E-state index is 0.142. The van der Waals surface area contributed by atoms with Crippen molar-refractivity contribution < 1.29 is 14.3 Å². The number of rotatable bonds is 9. The Labute approximate surface area is 217 Å². The number of amides is 3. The average Bonchev–Trinajstić information content (AvgIpc) is 2.91. The first-order chi connectivity index (χ1) is 17.9. The van der Waals surface area contributed by atoms with Crippen LogP contribution < -0.4 is 27.8 Å². The highest BCUT2D eigenvalue weighted by Crippen LogP contribution is 2.31. The summed E-state index contributed by atoms with van der Waals surface area (Å²) < 4.78 is 5.55. The van der Waals surface area contributed by atoms with Gasteiger partial charge in [0, 0.05) is 30.4 Å². The van der Waals surface area contributed by atoms with Crippen LogP contribution in [0.1, 0.15) is 46.4 Å². The summed E-state index contributed by atoms with van der Waals surface area (Å²) in [5.41, 5.74) is 21.7. The molecule has 0 aliphatic carbocycles. The third kappa shape index (κ3) is 6.99. The van der Waals surface area contributed by atoms with Crippen LogP contribution in [0, 0.1) is 0 Å². The quantitative estimate of drug-likeness (QED) is 0.282. The van der Waals surface area contributed by atoms with Crippen LogP contribution in [0.15, 0.2) is 72.8 Å². The number of nitrogen functional groups attached to an aromatic ring is 2. The van der Waals surface area contributed by atoms with Crippen LogP contribution in [-0.4, -0.2) is 43.1 Å². The Bertz CT molecular complexity index is 1190. The fourth-order valence-electron chi connectivity index (χ4n) is 4.66. The maximum atomic E-state index is 12.7. The summed E-state index contributed by atoms with van der Waals surface area (Å²) in [6.07, 6.45) is 1.44. The number of nitrogens with one attached hydrogen (secondary N) is 2. The molecule has 1 aliphatic heterocycles. The minimum atomic E-state index is -0.596. The average molecular weight is 503 g/mol. The number of carbonyl (C=O) groups excluding carboxylic acids is 2. The van der Waals surface area contributed by atoms with Gasteiger partial charge in [0.25, 0.3) is 5.91 Å². The third-order valence-electron chi connectivity index (χ3n) is 6.64. The highest BCUT2D eigenvalue weighted by molar-refractivity contribution is 6.05. The number of carbonyl (C=O) groups is 2. The second-order valence-electron chi connectivity index (χ2n) is 9.13. The van der Waals surface area contributed by atoms with Crippen molar-refractivity contribution in [3.8, 4) is 0 Å². The lowest BCUT2D eigenvalue weighted by atomic mass is 9.93. The lowest BCUT2D eigenvalue weighted by Gasteiger charge is -2.35. The summed E-state index contributed by atoms with van der Waals surface area (Å²) in [5.74, 6) is -0.264. The molecule has 3 aromatic rings. The van der Waals surface area contributed by atoms with Gasteiger partial charge in [0.1, 0.15) is 0 Å². The molecule has 0 aromatic heterocycles. The molecule has 2 unspecified atom stereocenters. The number of nitrogens with two attached hydrogens (primary N) is 3. The molecule has 3 amide bonds. The van der Waals surface area contributed by atoms with Gasteiger partial charge in [-0.2, -0.15) is 0 Å². The molecule has 1 heterocycles. The van der Waals surface area contributed by atoms with Crippen molar-refractivity contribution in [1.29, 1.82) is 0 Å². The van der Waals surface area contributed by atoms with Crippen LogP contribution in [0.4, 0.5) is 21.9 Å². The Morgan fingerprint density at radius 1 is 0.865 bits per heavy atom. The standard InChI is InChI=1S/C28H34N6O3/c29-22-11-9-20(10-12-22)26(34-15-17-37-18-16-34)14-13-24(33-28(31)36)19-5-7-21(8-6-19)27(35)32-25-4-2-1-3-23(25)30/h1-12,24,26H,13-18,29-30H2,(H,32,35)(H3,31,33,36). The van der Waals surface area contributed by atoms with E-state index in [9.17, 15) is 9.59 Å². The Hall–Kier alpha value is -4.08. The highest BCUT2D eigenvalue weighted by Gasteiger charge is 2.25. The van der Waals surface area contributed by atoms with Crippen LogP contribution in [0.25, 0.3) is 0 Å². The van der Waals surface area contributed by atoms with Gasteiger partial charge in [-0.25, -0.2) is 4.79 Å². The normalized spacial score (nSPS) is 15.5. The molecule has 0 spiro atoms. The molecule has 1 fully saturated rings. The summed E-state index contributed by atoms with van der Waals surface area (Å²) in [4.78, 5) is 27.0. The Kier molecular flexibility index (Phi) is 8.60. The summed E-state index contributed by atoms with van der Waals surface area (Å²) >= 11 is 0. The Balaban J connectivity index is 1.48. The van der Waals surface area contributed by atoms with Crippen LogP contribution in [0.3, 0.4) is 0 Å². The predicted octanol–water partition coefficient (Wildman–Crippen LogP) is 3.67. The van der Waals surface area contributed by atoms with Gasteiger partial charge >= 0.3 is 6.03 Å². The molecule has 37 heavy (non-hydrogen) atoms. The second-order valence-corrected chi connectivity index (χ2v) is 9.13. The van der Waals surface area contributed by atoms with Crippen molar-refractivity contribution in [1.82, 2.24) is 10.2 Å². The maximum absolute atomic E-state index is 12.7. The number of nitrogens with zero attached hydrogens (tertiary/aromatic N) is 1. The molecule has 194 valence electrons. The molecule has 4 rings (SSSR count). The van der Waals surface area contributed by atoms with Crippen LogP contribution in [-0.2, 0) is 4.74 Å². The minimum Gasteiger partial charge on any atom is -0.399 e. The monoisotopic (exact) mass is 502 g/mol. The molecule has 9 nitrogen and oxygen atoms in total. The van der Waals surface area contributed by atoms with Crippen molar-refractivity contribution in [2.24, 2.45) is 5.73 Å². The van der Waals surface area contributed by atoms with E-state index < -0.39 is 6.03 Å². The number of para-hydroxylation sites is 2. The molecular formula is C28H34N6O3. The van der Waals surface area contributed by atoms with Crippen LogP contribution >= 0.6 is 0 Å². The molecule has 0 saturated carbocycles. The number of hydrogen-bond donors (Lipinski definition) is 5. The van der Waals surface area contributed by atoms with Crippen molar-refractivity contribution >= 4 is 29.0 Å². The number of benzene rings is 3. The van der Waals surface area contributed by atoms with Gasteiger partial charge in [-0.1, -0.05) is 36.4 Å². The summed E-state index contributed by atoms with van der Waals surface area (Å²) in [6, 6.07) is 21.4. The Morgan fingerprint density at radius 3 is 2.16 bits per heavy atom. The van der Waals surface area contributed by atoms with Gasteiger partial charge in [-0.15, -0.1) is 0 Å². The van der Waals surface area contributed by atoms with Crippen LogP contribution in [0.5, 0.6) is 0 Å². The van der Waals surface area contributed by atoms with E-state index in [-0.39, 0.29) is 18.0 Å². The van der Waals surface area contributed by atoms with Crippen molar-refractivity contribution in [3.63, 3.8) is 0 Å². The van der Waals surface area contributed by atoms with Gasteiger partial charge in [0.05, 0.1) is 30.6 Å². The zero-order valence-electron chi connectivity index (χ0n) is 20.7. The molecule has 1 saturated heterocycles. The molecule has 9 heteroatoms. The molecule has 2 atom stereocenters. The van der Waals surface area contributed by atoms with E-state index in [2.05, 4.69) is 27.7 Å². The predicted molar refractivity (Wildman–Crippen MR) is 146 cm³/mol. The first kappa shape index (κ1) is 26.0. The number of primary amides is 1. The summed E-state index contributed by atoms with van der Waals surface area (Å²) in [7, 11) is 0. The maximum Gasteiger partial charge on any atom is 0.312 e. The molecule has 8 N–H and O–H groups in total. The summed E-state index contributed by atoms with van der Waals surface area (Å²) in [6.45, 7) is 3.04. The fraction of sp³-hybridized carbons (Fsp3) is 0.286. The summed E-state index contributed by atoms with van der Waals surface area (Å²) in [5, 5.41) is 5.70. The Morgan fingerprint density at radius 2 is 1.51 bits per heavy atom. The van der Waals surface area contributed by atoms with Gasteiger partial charge < -0.3 is 32.6 Å². The van der Waals surface area contributed by atoms with Gasteiger partial charge in [-0.05, 0) is 60.4 Å². The lowest BCUT2D eigenvalue weighted by Crippen LogP contribution is -2.40. The van der Waals surface area contributed by atoms with Crippen molar-refractivity contribution in [2.75, 3.05) is 43.1 Å². The smallest absolute Gasteiger partial charge is 0.312 e. The van der Waals surface area contributed by atoms with E-state index in [0.29, 0.717) is 36.6 Å². The van der Waals surface area contributed by atoms with Gasteiger partial charge in [-0.3, -0.25) is 9.69 Å². The first-order valence-corrected chi connectivity index (χ1v) is 12.4. The molecule has 0 bridgehead atoms. The van der Waals surface area contributed by atoms with E-state index in [0.717, 1.165) is 30.8 Å². The largest absolute Gasteiger partial charge is 0.399 e. The van der Waals surface area contributed by atoms with E-state index in [1.165, 1.54) is 5.56 Å². The van der Waals surface area contributed by atoms with E-state index in [1.54, 1.807) is 24.3 Å². The van der Waals surface area contributed by atoms with Crippen molar-refractivity contribution in [3.05, 3.63) is 89.5 Å². The van der Waals surface area contributed by atoms with E-state index >= 15 is 0 Å². The first-order valence-electron chi connectivity index (χ1n) is 12.4. The fourth-order valence-corrected chi connectivity index (χ4v) is 4.66. The molecule has 1 aliphatic rings. The number of anilines is 3. The van der Waals surface area contributed by atoms with E-state index in [1.807, 2.05) is 36.4 Å². The zero-order chi connectivity index (χ0) is 26.2. The number of urea groups is 1. The lowest BCUT2D eigenvalue weighted by molar-refractivity contribution is 0.0133. The van der Waals surface area contributed by atoms with Gasteiger partial charge in [0.15, 0.2) is 0 Å². The molecule has 0 radical (unpaired) electrons. The highest BCUT2D eigenvalue weighted by atomic mass is 16.5. The van der Waals surface area contributed by atoms with Crippen LogP contribution in [0.2, 0.25) is 0 Å².